The lowest BCUT2D eigenvalue weighted by molar-refractivity contribution is 0.0704. The van der Waals surface area contributed by atoms with E-state index in [4.69, 9.17) is 9.05 Å². The fourth-order valence-electron chi connectivity index (χ4n) is 2.85. The molecular formula is C17H23N3O3. The van der Waals surface area contributed by atoms with Crippen molar-refractivity contribution in [2.24, 2.45) is 0 Å². The van der Waals surface area contributed by atoms with Gasteiger partial charge in [0.15, 0.2) is 11.5 Å². The monoisotopic (exact) mass is 317 g/mol. The summed E-state index contributed by atoms with van der Waals surface area (Å²) < 4.78 is 10.7. The van der Waals surface area contributed by atoms with Crippen LogP contribution in [0, 0.1) is 0 Å². The molecule has 124 valence electrons. The van der Waals surface area contributed by atoms with Crippen molar-refractivity contribution >= 4 is 5.91 Å². The third-order valence-electron chi connectivity index (χ3n) is 4.30. The smallest absolute Gasteiger partial charge is 0.276 e. The van der Waals surface area contributed by atoms with Crippen LogP contribution in [-0.2, 0) is 0 Å². The predicted octanol–water partition coefficient (Wildman–Crippen LogP) is 3.89. The topological polar surface area (TPSA) is 72.4 Å². The lowest BCUT2D eigenvalue weighted by atomic mass is 10.1. The van der Waals surface area contributed by atoms with Gasteiger partial charge in [0, 0.05) is 24.6 Å². The average molecular weight is 317 g/mol. The second-order valence-corrected chi connectivity index (χ2v) is 6.73. The molecule has 0 bridgehead atoms. The zero-order valence-corrected chi connectivity index (χ0v) is 14.1. The number of hydrogen-bond acceptors (Lipinski definition) is 5. The molecule has 3 rings (SSSR count). The minimum Gasteiger partial charge on any atom is -0.360 e. The molecule has 1 aliphatic heterocycles. The van der Waals surface area contributed by atoms with E-state index in [2.05, 4.69) is 24.2 Å². The highest BCUT2D eigenvalue weighted by molar-refractivity contribution is 5.92. The number of likely N-dealkylation sites (tertiary alicyclic amines) is 1. The maximum absolute atomic E-state index is 12.7. The van der Waals surface area contributed by atoms with Gasteiger partial charge in [-0.25, -0.2) is 0 Å². The zero-order valence-electron chi connectivity index (χ0n) is 14.1. The minimum atomic E-state index is -0.106. The Morgan fingerprint density at radius 1 is 1.17 bits per heavy atom. The van der Waals surface area contributed by atoms with E-state index in [0.717, 1.165) is 30.1 Å². The number of aromatic nitrogens is 2. The Hall–Kier alpha value is -2.11. The molecule has 0 unspecified atom stereocenters. The molecule has 1 atom stereocenters. The van der Waals surface area contributed by atoms with Crippen molar-refractivity contribution in [3.05, 3.63) is 35.0 Å². The summed E-state index contributed by atoms with van der Waals surface area (Å²) in [6.07, 6.45) is 1.83. The van der Waals surface area contributed by atoms with Crippen LogP contribution in [-0.4, -0.2) is 27.7 Å². The highest BCUT2D eigenvalue weighted by Gasteiger charge is 2.34. The number of amides is 1. The predicted molar refractivity (Wildman–Crippen MR) is 84.2 cm³/mol. The molecule has 1 fully saturated rings. The SMILES string of the molecule is CC(C)c1cc([C@H]2CCCN2C(=O)c2cc(C(C)C)on2)on1. The summed E-state index contributed by atoms with van der Waals surface area (Å²) in [5.41, 5.74) is 1.28. The first-order chi connectivity index (χ1) is 11.0. The van der Waals surface area contributed by atoms with Crippen LogP contribution < -0.4 is 0 Å². The molecule has 23 heavy (non-hydrogen) atoms. The number of rotatable bonds is 4. The zero-order chi connectivity index (χ0) is 16.6. The highest BCUT2D eigenvalue weighted by Crippen LogP contribution is 2.34. The quantitative estimate of drug-likeness (QED) is 0.855. The molecule has 0 saturated carbocycles. The van der Waals surface area contributed by atoms with Gasteiger partial charge in [0.1, 0.15) is 5.76 Å². The number of nitrogens with zero attached hydrogens (tertiary/aromatic N) is 3. The van der Waals surface area contributed by atoms with E-state index in [1.54, 1.807) is 6.07 Å². The Kier molecular flexibility index (Phi) is 4.24. The first-order valence-corrected chi connectivity index (χ1v) is 8.21. The van der Waals surface area contributed by atoms with Gasteiger partial charge < -0.3 is 13.9 Å². The molecule has 2 aromatic rings. The Balaban J connectivity index is 1.81. The highest BCUT2D eigenvalue weighted by atomic mass is 16.5. The first-order valence-electron chi connectivity index (χ1n) is 8.21. The van der Waals surface area contributed by atoms with Gasteiger partial charge in [0.05, 0.1) is 11.7 Å². The minimum absolute atomic E-state index is 0.0679. The number of hydrogen-bond donors (Lipinski definition) is 0. The van der Waals surface area contributed by atoms with E-state index in [-0.39, 0.29) is 17.9 Å². The van der Waals surface area contributed by atoms with Crippen molar-refractivity contribution in [2.45, 2.75) is 58.4 Å². The van der Waals surface area contributed by atoms with Crippen LogP contribution in [0.1, 0.15) is 86.1 Å². The van der Waals surface area contributed by atoms with Crippen molar-refractivity contribution in [1.82, 2.24) is 15.2 Å². The standard InChI is InChI=1S/C17H23N3O3/c1-10(2)12-8-16(23-18-12)14-6-5-7-20(14)17(21)13-9-15(11(3)4)22-19-13/h8-11,14H,5-7H2,1-4H3/t14-/m1/s1. The third kappa shape index (κ3) is 3.02. The summed E-state index contributed by atoms with van der Waals surface area (Å²) in [5, 5.41) is 8.04. The van der Waals surface area contributed by atoms with E-state index in [1.807, 2.05) is 24.8 Å². The van der Waals surface area contributed by atoms with Crippen LogP contribution in [0.25, 0.3) is 0 Å². The van der Waals surface area contributed by atoms with Crippen LogP contribution in [0.5, 0.6) is 0 Å². The fraction of sp³-hybridized carbons (Fsp3) is 0.588. The molecule has 6 heteroatoms. The Bertz CT molecular complexity index is 687. The number of carbonyl (C=O) groups is 1. The second kappa shape index (κ2) is 6.18. The molecular weight excluding hydrogens is 294 g/mol. The lowest BCUT2D eigenvalue weighted by Gasteiger charge is -2.21. The molecule has 0 spiro atoms. The van der Waals surface area contributed by atoms with Crippen LogP contribution >= 0.6 is 0 Å². The fourth-order valence-corrected chi connectivity index (χ4v) is 2.85. The molecule has 0 aromatic carbocycles. The summed E-state index contributed by atoms with van der Waals surface area (Å²) >= 11 is 0. The first kappa shape index (κ1) is 15.8. The Morgan fingerprint density at radius 2 is 1.96 bits per heavy atom. The van der Waals surface area contributed by atoms with Gasteiger partial charge in [-0.15, -0.1) is 0 Å². The molecule has 3 heterocycles. The van der Waals surface area contributed by atoms with Crippen molar-refractivity contribution < 1.29 is 13.8 Å². The lowest BCUT2D eigenvalue weighted by Crippen LogP contribution is -2.30. The Morgan fingerprint density at radius 3 is 2.57 bits per heavy atom. The van der Waals surface area contributed by atoms with Crippen molar-refractivity contribution in [3.8, 4) is 0 Å². The summed E-state index contributed by atoms with van der Waals surface area (Å²) in [6, 6.07) is 3.63. The van der Waals surface area contributed by atoms with Gasteiger partial charge in [-0.3, -0.25) is 4.79 Å². The van der Waals surface area contributed by atoms with Crippen LogP contribution in [0.4, 0.5) is 0 Å². The van der Waals surface area contributed by atoms with E-state index in [1.165, 1.54) is 0 Å². The summed E-state index contributed by atoms with van der Waals surface area (Å²) in [6.45, 7) is 8.86. The molecule has 0 N–H and O–H groups in total. The normalized spacial score (nSPS) is 18.3. The van der Waals surface area contributed by atoms with Crippen LogP contribution in [0.15, 0.2) is 21.2 Å². The van der Waals surface area contributed by atoms with E-state index in [9.17, 15) is 4.79 Å². The van der Waals surface area contributed by atoms with Crippen LogP contribution in [0.2, 0.25) is 0 Å². The van der Waals surface area contributed by atoms with Crippen LogP contribution in [0.3, 0.4) is 0 Å². The van der Waals surface area contributed by atoms with Gasteiger partial charge in [0.2, 0.25) is 0 Å². The van der Waals surface area contributed by atoms with E-state index >= 15 is 0 Å². The second-order valence-electron chi connectivity index (χ2n) is 6.73. The maximum Gasteiger partial charge on any atom is 0.276 e. The van der Waals surface area contributed by atoms with Crippen molar-refractivity contribution in [3.63, 3.8) is 0 Å². The average Bonchev–Trinajstić information content (AvgIpc) is 3.24. The van der Waals surface area contributed by atoms with Gasteiger partial charge >= 0.3 is 0 Å². The maximum atomic E-state index is 12.7. The van der Waals surface area contributed by atoms with Gasteiger partial charge in [0.25, 0.3) is 5.91 Å². The van der Waals surface area contributed by atoms with Gasteiger partial charge in [-0.05, 0) is 18.8 Å². The molecule has 0 radical (unpaired) electrons. The Labute approximate surface area is 135 Å². The summed E-state index contributed by atoms with van der Waals surface area (Å²) in [4.78, 5) is 14.6. The molecule has 2 aromatic heterocycles. The van der Waals surface area contributed by atoms with E-state index < -0.39 is 0 Å². The molecule has 0 aliphatic carbocycles. The molecule has 1 aliphatic rings. The van der Waals surface area contributed by atoms with Crippen molar-refractivity contribution in [1.29, 1.82) is 0 Å². The molecule has 6 nitrogen and oxygen atoms in total. The van der Waals surface area contributed by atoms with Gasteiger partial charge in [-0.1, -0.05) is 38.0 Å². The largest absolute Gasteiger partial charge is 0.360 e. The summed E-state index contributed by atoms with van der Waals surface area (Å²) in [7, 11) is 0. The van der Waals surface area contributed by atoms with Gasteiger partial charge in [-0.2, -0.15) is 0 Å². The number of carbonyl (C=O) groups excluding carboxylic acids is 1. The summed E-state index contributed by atoms with van der Waals surface area (Å²) in [5.74, 6) is 1.90. The molecule has 1 amide bonds. The molecule has 1 saturated heterocycles. The van der Waals surface area contributed by atoms with Crippen molar-refractivity contribution in [2.75, 3.05) is 6.54 Å². The van der Waals surface area contributed by atoms with E-state index in [0.29, 0.717) is 18.2 Å². The third-order valence-corrected chi connectivity index (χ3v) is 4.30.